The minimum Gasteiger partial charge on any atom is -0.465 e. The predicted octanol–water partition coefficient (Wildman–Crippen LogP) is 1.07. The average molecular weight is 297 g/mol. The number of urea groups is 1. The topological polar surface area (TPSA) is 61.9 Å². The molecule has 120 valence electrons. The third kappa shape index (κ3) is 3.87. The van der Waals surface area contributed by atoms with Gasteiger partial charge in [-0.3, -0.25) is 4.79 Å². The minimum atomic E-state index is -0.609. The molecule has 1 saturated carbocycles. The summed E-state index contributed by atoms with van der Waals surface area (Å²) >= 11 is 0. The fourth-order valence-corrected chi connectivity index (χ4v) is 2.75. The summed E-state index contributed by atoms with van der Waals surface area (Å²) in [7, 11) is 3.50. The van der Waals surface area contributed by atoms with Crippen LogP contribution in [0.25, 0.3) is 0 Å². The number of nitrogens with one attached hydrogen (secondary N) is 1. The Morgan fingerprint density at radius 2 is 1.90 bits per heavy atom. The van der Waals surface area contributed by atoms with Crippen molar-refractivity contribution in [2.24, 2.45) is 5.92 Å². The van der Waals surface area contributed by atoms with Gasteiger partial charge in [0.05, 0.1) is 6.61 Å². The highest BCUT2D eigenvalue weighted by molar-refractivity contribution is 5.82. The number of ether oxygens (including phenoxy) is 1. The van der Waals surface area contributed by atoms with E-state index < -0.39 is 5.54 Å². The molecule has 2 aliphatic rings. The molecular weight excluding hydrogens is 270 g/mol. The number of esters is 1. The quantitative estimate of drug-likeness (QED) is 0.771. The summed E-state index contributed by atoms with van der Waals surface area (Å²) in [5, 5.41) is 3.44. The number of amides is 2. The van der Waals surface area contributed by atoms with E-state index in [9.17, 15) is 9.59 Å². The van der Waals surface area contributed by atoms with Gasteiger partial charge in [0.15, 0.2) is 0 Å². The standard InChI is InChI=1S/C15H27N3O3/c1-4-21-13(19)15(16-11-12-5-6-12)7-9-18(10-8-15)14(20)17(2)3/h12,16H,4-11H2,1-3H3. The Hall–Kier alpha value is -1.30. The van der Waals surface area contributed by atoms with Gasteiger partial charge in [-0.05, 0) is 45.1 Å². The Morgan fingerprint density at radius 3 is 2.38 bits per heavy atom. The van der Waals surface area contributed by atoms with Crippen LogP contribution in [0.1, 0.15) is 32.6 Å². The molecule has 2 rings (SSSR count). The molecule has 2 amide bonds. The van der Waals surface area contributed by atoms with E-state index in [1.54, 1.807) is 23.9 Å². The van der Waals surface area contributed by atoms with Crippen LogP contribution in [0.5, 0.6) is 0 Å². The van der Waals surface area contributed by atoms with Crippen LogP contribution in [-0.4, -0.2) is 67.7 Å². The van der Waals surface area contributed by atoms with Gasteiger partial charge >= 0.3 is 12.0 Å². The maximum atomic E-state index is 12.4. The van der Waals surface area contributed by atoms with Crippen molar-refractivity contribution in [1.82, 2.24) is 15.1 Å². The van der Waals surface area contributed by atoms with Gasteiger partial charge in [0.25, 0.3) is 0 Å². The zero-order valence-corrected chi connectivity index (χ0v) is 13.4. The van der Waals surface area contributed by atoms with Gasteiger partial charge in [0.1, 0.15) is 5.54 Å². The summed E-state index contributed by atoms with van der Waals surface area (Å²) in [5.74, 6) is 0.542. The van der Waals surface area contributed by atoms with E-state index in [1.165, 1.54) is 12.8 Å². The van der Waals surface area contributed by atoms with E-state index in [-0.39, 0.29) is 12.0 Å². The Balaban J connectivity index is 1.97. The molecule has 21 heavy (non-hydrogen) atoms. The van der Waals surface area contributed by atoms with Crippen LogP contribution in [0.4, 0.5) is 4.79 Å². The number of rotatable bonds is 5. The van der Waals surface area contributed by atoms with Crippen molar-refractivity contribution >= 4 is 12.0 Å². The van der Waals surface area contributed by atoms with Gasteiger partial charge in [-0.2, -0.15) is 0 Å². The Bertz CT molecular complexity index is 386. The van der Waals surface area contributed by atoms with Gasteiger partial charge < -0.3 is 19.9 Å². The summed E-state index contributed by atoms with van der Waals surface area (Å²) in [4.78, 5) is 27.7. The molecule has 1 saturated heterocycles. The highest BCUT2D eigenvalue weighted by Crippen LogP contribution is 2.31. The first kappa shape index (κ1) is 16.1. The van der Waals surface area contributed by atoms with E-state index in [0.29, 0.717) is 38.5 Å². The molecule has 0 radical (unpaired) electrons. The molecule has 6 nitrogen and oxygen atoms in total. The van der Waals surface area contributed by atoms with E-state index in [4.69, 9.17) is 4.74 Å². The molecule has 6 heteroatoms. The molecule has 1 N–H and O–H groups in total. The molecule has 0 bridgehead atoms. The highest BCUT2D eigenvalue weighted by Gasteiger charge is 2.44. The maximum absolute atomic E-state index is 12.4. The summed E-state index contributed by atoms with van der Waals surface area (Å²) < 4.78 is 5.27. The SMILES string of the molecule is CCOC(=O)C1(NCC2CC2)CCN(C(=O)N(C)C)CC1. The number of carbonyl (C=O) groups excluding carboxylic acids is 2. The molecule has 0 aromatic carbocycles. The second-order valence-corrected chi connectivity index (χ2v) is 6.29. The minimum absolute atomic E-state index is 0.00894. The van der Waals surface area contributed by atoms with Gasteiger partial charge in [-0.15, -0.1) is 0 Å². The molecule has 0 unspecified atom stereocenters. The lowest BCUT2D eigenvalue weighted by Crippen LogP contribution is -2.60. The number of hydrogen-bond acceptors (Lipinski definition) is 4. The van der Waals surface area contributed by atoms with E-state index in [1.807, 2.05) is 6.92 Å². The van der Waals surface area contributed by atoms with Gasteiger partial charge in [0.2, 0.25) is 0 Å². The Kier molecular flexibility index (Phi) is 5.08. The molecular formula is C15H27N3O3. The molecule has 0 aromatic heterocycles. The normalized spacial score (nSPS) is 21.0. The highest BCUT2D eigenvalue weighted by atomic mass is 16.5. The van der Waals surface area contributed by atoms with Crippen molar-refractivity contribution in [3.05, 3.63) is 0 Å². The average Bonchev–Trinajstić information content (AvgIpc) is 3.29. The number of nitrogens with zero attached hydrogens (tertiary/aromatic N) is 2. The van der Waals surface area contributed by atoms with Gasteiger partial charge in [-0.25, -0.2) is 4.79 Å². The van der Waals surface area contributed by atoms with Crippen LogP contribution >= 0.6 is 0 Å². The van der Waals surface area contributed by atoms with Crippen molar-refractivity contribution in [1.29, 1.82) is 0 Å². The molecule has 1 aliphatic carbocycles. The summed E-state index contributed by atoms with van der Waals surface area (Å²) in [6.07, 6.45) is 3.74. The Labute approximate surface area is 126 Å². The first-order chi connectivity index (χ1) is 9.98. The Morgan fingerprint density at radius 1 is 1.29 bits per heavy atom. The molecule has 1 heterocycles. The number of hydrogen-bond donors (Lipinski definition) is 1. The largest absolute Gasteiger partial charge is 0.465 e. The summed E-state index contributed by atoms with van der Waals surface area (Å²) in [6, 6.07) is 0.00894. The predicted molar refractivity (Wildman–Crippen MR) is 80.0 cm³/mol. The molecule has 0 atom stereocenters. The van der Waals surface area contributed by atoms with Gasteiger partial charge in [-0.1, -0.05) is 0 Å². The lowest BCUT2D eigenvalue weighted by molar-refractivity contribution is -0.153. The van der Waals surface area contributed by atoms with E-state index in [2.05, 4.69) is 5.32 Å². The van der Waals surface area contributed by atoms with Crippen LogP contribution in [0.3, 0.4) is 0 Å². The number of likely N-dealkylation sites (tertiary alicyclic amines) is 1. The zero-order chi connectivity index (χ0) is 15.5. The number of carbonyl (C=O) groups is 2. The second-order valence-electron chi connectivity index (χ2n) is 6.29. The monoisotopic (exact) mass is 297 g/mol. The van der Waals surface area contributed by atoms with Gasteiger partial charge in [0, 0.05) is 27.2 Å². The van der Waals surface area contributed by atoms with E-state index in [0.717, 1.165) is 6.54 Å². The molecule has 1 aliphatic heterocycles. The van der Waals surface area contributed by atoms with Crippen molar-refractivity contribution < 1.29 is 14.3 Å². The van der Waals surface area contributed by atoms with Crippen LogP contribution in [0.15, 0.2) is 0 Å². The number of piperidine rings is 1. The molecule has 2 fully saturated rings. The smallest absolute Gasteiger partial charge is 0.326 e. The van der Waals surface area contributed by atoms with Crippen molar-refractivity contribution in [3.8, 4) is 0 Å². The van der Waals surface area contributed by atoms with Crippen molar-refractivity contribution in [3.63, 3.8) is 0 Å². The molecule has 0 aromatic rings. The fraction of sp³-hybridized carbons (Fsp3) is 0.867. The first-order valence-electron chi connectivity index (χ1n) is 7.87. The third-order valence-electron chi connectivity index (χ3n) is 4.36. The first-order valence-corrected chi connectivity index (χ1v) is 7.87. The van der Waals surface area contributed by atoms with Crippen LogP contribution in [-0.2, 0) is 9.53 Å². The van der Waals surface area contributed by atoms with Crippen LogP contribution in [0, 0.1) is 5.92 Å². The fourth-order valence-electron chi connectivity index (χ4n) is 2.75. The second kappa shape index (κ2) is 6.64. The summed E-state index contributed by atoms with van der Waals surface area (Å²) in [6.45, 7) is 4.28. The van der Waals surface area contributed by atoms with Crippen LogP contribution in [0.2, 0.25) is 0 Å². The van der Waals surface area contributed by atoms with Crippen molar-refractivity contribution in [2.75, 3.05) is 40.3 Å². The molecule has 0 spiro atoms. The lowest BCUT2D eigenvalue weighted by Gasteiger charge is -2.41. The third-order valence-corrected chi connectivity index (χ3v) is 4.36. The van der Waals surface area contributed by atoms with Crippen LogP contribution < -0.4 is 5.32 Å². The zero-order valence-electron chi connectivity index (χ0n) is 13.4. The lowest BCUT2D eigenvalue weighted by atomic mass is 9.87. The van der Waals surface area contributed by atoms with Crippen molar-refractivity contribution in [2.45, 2.75) is 38.1 Å². The summed E-state index contributed by atoms with van der Waals surface area (Å²) in [5.41, 5.74) is -0.609. The maximum Gasteiger partial charge on any atom is 0.326 e. The van der Waals surface area contributed by atoms with E-state index >= 15 is 0 Å².